The molecule has 1 aliphatic heterocycles. The fraction of sp³-hybridized carbons (Fsp3) is 0.583. The largest absolute Gasteiger partial charge is 0.457 e. The van der Waals surface area contributed by atoms with Gasteiger partial charge in [-0.3, -0.25) is 19.2 Å². The number of esters is 1. The third-order valence-corrected chi connectivity index (χ3v) is 6.71. The van der Waals surface area contributed by atoms with Gasteiger partial charge in [-0.1, -0.05) is 33.6 Å². The fourth-order valence-electron chi connectivity index (χ4n) is 4.53. The van der Waals surface area contributed by atoms with Crippen molar-refractivity contribution < 1.29 is 23.9 Å². The first-order valence-electron chi connectivity index (χ1n) is 11.2. The third-order valence-electron chi connectivity index (χ3n) is 6.71. The van der Waals surface area contributed by atoms with Crippen molar-refractivity contribution in [2.45, 2.75) is 58.9 Å². The number of likely N-dealkylation sites (tertiary alicyclic amines) is 1. The second-order valence-electron chi connectivity index (χ2n) is 8.79. The second kappa shape index (κ2) is 10.1. The van der Waals surface area contributed by atoms with E-state index in [-0.39, 0.29) is 36.7 Å². The van der Waals surface area contributed by atoms with Crippen molar-refractivity contribution in [3.8, 4) is 0 Å². The molecule has 0 spiro atoms. The minimum Gasteiger partial charge on any atom is -0.457 e. The van der Waals surface area contributed by atoms with Crippen molar-refractivity contribution in [1.29, 1.82) is 0 Å². The zero-order valence-corrected chi connectivity index (χ0v) is 18.6. The van der Waals surface area contributed by atoms with Gasteiger partial charge >= 0.3 is 5.97 Å². The maximum Gasteiger partial charge on any atom is 0.311 e. The summed E-state index contributed by atoms with van der Waals surface area (Å²) in [7, 11) is 0. The van der Waals surface area contributed by atoms with Crippen LogP contribution in [0.15, 0.2) is 24.3 Å². The summed E-state index contributed by atoms with van der Waals surface area (Å²) >= 11 is 0. The van der Waals surface area contributed by atoms with E-state index in [2.05, 4.69) is 19.2 Å². The molecule has 2 amide bonds. The van der Waals surface area contributed by atoms with Crippen molar-refractivity contribution in [3.05, 3.63) is 29.8 Å². The van der Waals surface area contributed by atoms with Crippen molar-refractivity contribution in [1.82, 2.24) is 4.90 Å². The highest BCUT2D eigenvalue weighted by molar-refractivity contribution is 5.99. The number of nitrogens with one attached hydrogen (secondary N) is 1. The molecule has 7 heteroatoms. The number of carbonyl (C=O) groups is 4. The quantitative estimate of drug-likeness (QED) is 0.531. The highest BCUT2D eigenvalue weighted by Gasteiger charge is 2.42. The van der Waals surface area contributed by atoms with Gasteiger partial charge in [-0.15, -0.1) is 0 Å². The number of ether oxygens (including phenoxy) is 1. The van der Waals surface area contributed by atoms with Gasteiger partial charge in [-0.25, -0.2) is 0 Å². The molecule has 2 aliphatic rings. The summed E-state index contributed by atoms with van der Waals surface area (Å²) in [5, 5.41) is 2.71. The molecule has 2 fully saturated rings. The normalized spacial score (nSPS) is 25.9. The Morgan fingerprint density at radius 1 is 1.13 bits per heavy atom. The Balaban J connectivity index is 1.51. The summed E-state index contributed by atoms with van der Waals surface area (Å²) in [5.41, 5.74) is 1.01. The molecule has 1 heterocycles. The number of benzene rings is 1. The first kappa shape index (κ1) is 23.0. The van der Waals surface area contributed by atoms with Crippen LogP contribution >= 0.6 is 0 Å². The molecule has 3 rings (SSSR count). The highest BCUT2D eigenvalue weighted by atomic mass is 16.5. The summed E-state index contributed by atoms with van der Waals surface area (Å²) in [5.74, 6) is -0.452. The van der Waals surface area contributed by atoms with Crippen molar-refractivity contribution in [2.75, 3.05) is 18.5 Å². The molecule has 1 aliphatic carbocycles. The van der Waals surface area contributed by atoms with Gasteiger partial charge in [0.2, 0.25) is 11.8 Å². The molecule has 0 aromatic heterocycles. The molecule has 0 radical (unpaired) electrons. The Hall–Kier alpha value is -2.70. The average Bonchev–Trinajstić information content (AvgIpc) is 3.15. The fourth-order valence-corrected chi connectivity index (χ4v) is 4.53. The van der Waals surface area contributed by atoms with E-state index in [1.54, 1.807) is 31.2 Å². The maximum absolute atomic E-state index is 12.6. The summed E-state index contributed by atoms with van der Waals surface area (Å²) in [4.78, 5) is 50.7. The van der Waals surface area contributed by atoms with Gasteiger partial charge in [0, 0.05) is 36.7 Å². The lowest BCUT2D eigenvalue weighted by molar-refractivity contribution is -0.147. The number of amides is 2. The summed E-state index contributed by atoms with van der Waals surface area (Å²) in [6.45, 7) is 6.18. The van der Waals surface area contributed by atoms with Crippen LogP contribution in [0.5, 0.6) is 0 Å². The van der Waals surface area contributed by atoms with Crippen LogP contribution in [-0.2, 0) is 19.1 Å². The van der Waals surface area contributed by atoms with E-state index in [0.717, 1.165) is 12.8 Å². The van der Waals surface area contributed by atoms with Gasteiger partial charge in [0.25, 0.3) is 0 Å². The number of nitrogens with zero attached hydrogens (tertiary/aromatic N) is 1. The van der Waals surface area contributed by atoms with E-state index in [1.165, 1.54) is 6.42 Å². The molecular weight excluding hydrogens is 396 g/mol. The van der Waals surface area contributed by atoms with E-state index in [0.29, 0.717) is 36.1 Å². The predicted octanol–water partition coefficient (Wildman–Crippen LogP) is 3.43. The van der Waals surface area contributed by atoms with E-state index in [9.17, 15) is 19.2 Å². The Kier molecular flexibility index (Phi) is 7.46. The van der Waals surface area contributed by atoms with Crippen molar-refractivity contribution in [3.63, 3.8) is 0 Å². The number of anilines is 1. The number of Topliss-reactive ketones (excluding diaryl/α,β-unsaturated/α-hetero) is 1. The van der Waals surface area contributed by atoms with Gasteiger partial charge in [-0.2, -0.15) is 0 Å². The molecule has 1 aromatic carbocycles. The molecule has 168 valence electrons. The van der Waals surface area contributed by atoms with E-state index < -0.39 is 11.9 Å². The smallest absolute Gasteiger partial charge is 0.311 e. The van der Waals surface area contributed by atoms with Crippen molar-refractivity contribution >= 4 is 29.3 Å². The van der Waals surface area contributed by atoms with Crippen LogP contribution in [0, 0.1) is 17.8 Å². The van der Waals surface area contributed by atoms with Crippen LogP contribution in [0.4, 0.5) is 5.69 Å². The van der Waals surface area contributed by atoms with Gasteiger partial charge in [0.05, 0.1) is 5.92 Å². The average molecular weight is 429 g/mol. The van der Waals surface area contributed by atoms with Crippen LogP contribution in [-0.4, -0.2) is 47.7 Å². The standard InChI is InChI=1S/C24H32N2O5/c1-4-22(28)25-19-10-8-17(9-11-19)21(27)14-31-24(30)18-12-23(29)26(13-18)20-7-5-6-15(2)16(20)3/h8-11,15-16,18,20H,4-7,12-14H2,1-3H3,(H,25,28)/t15-,16-,18-,20+/m0/s1. The highest BCUT2D eigenvalue weighted by Crippen LogP contribution is 2.35. The topological polar surface area (TPSA) is 92.8 Å². The molecule has 4 atom stereocenters. The minimum atomic E-state index is -0.517. The Morgan fingerprint density at radius 3 is 2.52 bits per heavy atom. The molecular formula is C24H32N2O5. The van der Waals surface area contributed by atoms with E-state index in [4.69, 9.17) is 4.74 Å². The Morgan fingerprint density at radius 2 is 1.84 bits per heavy atom. The molecule has 1 saturated carbocycles. The first-order valence-corrected chi connectivity index (χ1v) is 11.2. The van der Waals surface area contributed by atoms with Crippen LogP contribution in [0.1, 0.15) is 63.2 Å². The predicted molar refractivity (Wildman–Crippen MR) is 116 cm³/mol. The molecule has 7 nitrogen and oxygen atoms in total. The molecule has 1 N–H and O–H groups in total. The first-order chi connectivity index (χ1) is 14.8. The second-order valence-corrected chi connectivity index (χ2v) is 8.79. The van der Waals surface area contributed by atoms with Crippen LogP contribution in [0.2, 0.25) is 0 Å². The SMILES string of the molecule is CCC(=O)Nc1ccc(C(=O)COC(=O)[C@H]2CC(=O)N([C@@H]3CCC[C@H](C)[C@@H]3C)C2)cc1. The maximum atomic E-state index is 12.6. The summed E-state index contributed by atoms with van der Waals surface area (Å²) in [6.07, 6.45) is 3.78. The van der Waals surface area contributed by atoms with E-state index in [1.807, 2.05) is 4.90 Å². The third kappa shape index (κ3) is 5.51. The Labute approximate surface area is 183 Å². The Bertz CT molecular complexity index is 835. The van der Waals surface area contributed by atoms with Gasteiger partial charge in [0.15, 0.2) is 12.4 Å². The lowest BCUT2D eigenvalue weighted by Gasteiger charge is -2.39. The molecule has 1 saturated heterocycles. The van der Waals surface area contributed by atoms with Crippen LogP contribution < -0.4 is 5.32 Å². The van der Waals surface area contributed by atoms with E-state index >= 15 is 0 Å². The van der Waals surface area contributed by atoms with Gasteiger partial charge in [-0.05, 0) is 42.5 Å². The van der Waals surface area contributed by atoms with Crippen LogP contribution in [0.3, 0.4) is 0 Å². The minimum absolute atomic E-state index is 0.00365. The van der Waals surface area contributed by atoms with Gasteiger partial charge in [0.1, 0.15) is 0 Å². The summed E-state index contributed by atoms with van der Waals surface area (Å²) in [6, 6.07) is 6.65. The lowest BCUT2D eigenvalue weighted by atomic mass is 9.77. The lowest BCUT2D eigenvalue weighted by Crippen LogP contribution is -2.45. The van der Waals surface area contributed by atoms with Gasteiger partial charge < -0.3 is 15.0 Å². The molecule has 31 heavy (non-hydrogen) atoms. The van der Waals surface area contributed by atoms with Crippen LogP contribution in [0.25, 0.3) is 0 Å². The summed E-state index contributed by atoms with van der Waals surface area (Å²) < 4.78 is 5.25. The molecule has 0 unspecified atom stereocenters. The number of carbonyl (C=O) groups excluding carboxylic acids is 4. The molecule has 0 bridgehead atoms. The monoisotopic (exact) mass is 428 g/mol. The zero-order valence-electron chi connectivity index (χ0n) is 18.6. The van der Waals surface area contributed by atoms with Crippen molar-refractivity contribution in [2.24, 2.45) is 17.8 Å². The molecule has 1 aromatic rings. The number of rotatable bonds is 7. The zero-order chi connectivity index (χ0) is 22.5. The number of hydrogen-bond acceptors (Lipinski definition) is 5. The number of hydrogen-bond donors (Lipinski definition) is 1. The number of ketones is 1.